The van der Waals surface area contributed by atoms with E-state index in [-0.39, 0.29) is 12.1 Å². The van der Waals surface area contributed by atoms with Gasteiger partial charge in [-0.15, -0.1) is 0 Å². The van der Waals surface area contributed by atoms with Crippen LogP contribution in [-0.2, 0) is 9.53 Å². The Labute approximate surface area is 67.2 Å². The molecule has 1 rings (SSSR count). The van der Waals surface area contributed by atoms with Crippen molar-refractivity contribution in [3.05, 3.63) is 12.2 Å². The molecule has 0 amide bonds. The van der Waals surface area contributed by atoms with Crippen LogP contribution in [0.4, 0.5) is 0 Å². The molecule has 2 nitrogen and oxygen atoms in total. The molecule has 0 aromatic rings. The van der Waals surface area contributed by atoms with Crippen LogP contribution in [0.5, 0.6) is 0 Å². The lowest BCUT2D eigenvalue weighted by molar-refractivity contribution is -0.148. The molecule has 0 aliphatic carbocycles. The SMILES string of the molecule is CC(C)C1OC(=O)C=CC1C. The summed E-state index contributed by atoms with van der Waals surface area (Å²) in [4.78, 5) is 10.8. The summed E-state index contributed by atoms with van der Waals surface area (Å²) in [6.45, 7) is 6.19. The molecule has 0 aromatic heterocycles. The highest BCUT2D eigenvalue weighted by Gasteiger charge is 2.25. The largest absolute Gasteiger partial charge is 0.458 e. The average molecular weight is 154 g/mol. The first-order chi connectivity index (χ1) is 5.11. The summed E-state index contributed by atoms with van der Waals surface area (Å²) < 4.78 is 5.13. The molecule has 0 N–H and O–H groups in total. The van der Waals surface area contributed by atoms with Gasteiger partial charge in [-0.25, -0.2) is 4.79 Å². The summed E-state index contributed by atoms with van der Waals surface area (Å²) in [5.74, 6) is 0.549. The second-order valence-electron chi connectivity index (χ2n) is 3.36. The first kappa shape index (κ1) is 8.31. The molecule has 0 aromatic carbocycles. The van der Waals surface area contributed by atoms with Crippen molar-refractivity contribution < 1.29 is 9.53 Å². The van der Waals surface area contributed by atoms with Gasteiger partial charge in [0.25, 0.3) is 0 Å². The van der Waals surface area contributed by atoms with E-state index >= 15 is 0 Å². The van der Waals surface area contributed by atoms with E-state index in [1.165, 1.54) is 6.08 Å². The molecular formula is C9H14O2. The van der Waals surface area contributed by atoms with Crippen molar-refractivity contribution >= 4 is 5.97 Å². The van der Waals surface area contributed by atoms with Gasteiger partial charge >= 0.3 is 5.97 Å². The van der Waals surface area contributed by atoms with Crippen molar-refractivity contribution in [2.24, 2.45) is 11.8 Å². The van der Waals surface area contributed by atoms with Crippen molar-refractivity contribution in [3.8, 4) is 0 Å². The molecule has 0 saturated heterocycles. The molecule has 1 aliphatic rings. The van der Waals surface area contributed by atoms with E-state index in [1.807, 2.05) is 6.08 Å². The topological polar surface area (TPSA) is 26.3 Å². The quantitative estimate of drug-likeness (QED) is 0.538. The lowest BCUT2D eigenvalue weighted by Gasteiger charge is -2.27. The molecule has 11 heavy (non-hydrogen) atoms. The van der Waals surface area contributed by atoms with E-state index in [4.69, 9.17) is 4.74 Å². The highest BCUT2D eigenvalue weighted by Crippen LogP contribution is 2.21. The van der Waals surface area contributed by atoms with Gasteiger partial charge in [0.15, 0.2) is 0 Å². The van der Waals surface area contributed by atoms with Gasteiger partial charge in [-0.1, -0.05) is 26.8 Å². The second kappa shape index (κ2) is 3.07. The van der Waals surface area contributed by atoms with E-state index in [1.54, 1.807) is 0 Å². The van der Waals surface area contributed by atoms with Crippen LogP contribution in [0.3, 0.4) is 0 Å². The van der Waals surface area contributed by atoms with E-state index in [9.17, 15) is 4.79 Å². The highest BCUT2D eigenvalue weighted by molar-refractivity contribution is 5.82. The van der Waals surface area contributed by atoms with Gasteiger partial charge in [0.2, 0.25) is 0 Å². The Bertz CT molecular complexity index is 182. The summed E-state index contributed by atoms with van der Waals surface area (Å²) in [6, 6.07) is 0. The standard InChI is InChI=1S/C9H14O2/c1-6(2)9-7(3)4-5-8(10)11-9/h4-7,9H,1-3H3. The second-order valence-corrected chi connectivity index (χ2v) is 3.36. The maximum Gasteiger partial charge on any atom is 0.330 e. The molecule has 0 spiro atoms. The van der Waals surface area contributed by atoms with Gasteiger partial charge in [0.1, 0.15) is 6.10 Å². The third kappa shape index (κ3) is 1.82. The first-order valence-corrected chi connectivity index (χ1v) is 4.00. The molecule has 2 heteroatoms. The van der Waals surface area contributed by atoms with Crippen molar-refractivity contribution in [2.75, 3.05) is 0 Å². The minimum absolute atomic E-state index is 0.0625. The van der Waals surface area contributed by atoms with Crippen molar-refractivity contribution in [3.63, 3.8) is 0 Å². The number of hydrogen-bond acceptors (Lipinski definition) is 2. The zero-order valence-corrected chi connectivity index (χ0v) is 7.20. The van der Waals surface area contributed by atoms with Gasteiger partial charge in [-0.3, -0.25) is 0 Å². The summed E-state index contributed by atoms with van der Waals surface area (Å²) in [5.41, 5.74) is 0. The Hall–Kier alpha value is -0.790. The van der Waals surface area contributed by atoms with E-state index in [2.05, 4.69) is 20.8 Å². The fourth-order valence-electron chi connectivity index (χ4n) is 1.36. The van der Waals surface area contributed by atoms with Crippen LogP contribution in [0, 0.1) is 11.8 Å². The van der Waals surface area contributed by atoms with E-state index in [0.29, 0.717) is 11.8 Å². The van der Waals surface area contributed by atoms with E-state index < -0.39 is 0 Å². The van der Waals surface area contributed by atoms with Crippen LogP contribution < -0.4 is 0 Å². The van der Waals surface area contributed by atoms with Crippen LogP contribution in [0.2, 0.25) is 0 Å². The molecule has 1 aliphatic heterocycles. The van der Waals surface area contributed by atoms with Crippen LogP contribution in [0.25, 0.3) is 0 Å². The molecule has 0 saturated carbocycles. The predicted molar refractivity (Wildman–Crippen MR) is 43.0 cm³/mol. The fourth-order valence-corrected chi connectivity index (χ4v) is 1.36. The van der Waals surface area contributed by atoms with Gasteiger partial charge in [0, 0.05) is 12.0 Å². The van der Waals surface area contributed by atoms with Gasteiger partial charge in [-0.2, -0.15) is 0 Å². The summed E-state index contributed by atoms with van der Waals surface area (Å²) in [5, 5.41) is 0. The van der Waals surface area contributed by atoms with Crippen LogP contribution >= 0.6 is 0 Å². The van der Waals surface area contributed by atoms with Crippen LogP contribution in [0.15, 0.2) is 12.2 Å². The zero-order valence-electron chi connectivity index (χ0n) is 7.20. The molecular weight excluding hydrogens is 140 g/mol. The minimum Gasteiger partial charge on any atom is -0.458 e. The number of rotatable bonds is 1. The molecule has 0 bridgehead atoms. The number of carbonyl (C=O) groups excluding carboxylic acids is 1. The minimum atomic E-state index is -0.207. The average Bonchev–Trinajstić information content (AvgIpc) is 1.94. The third-order valence-electron chi connectivity index (χ3n) is 1.96. The third-order valence-corrected chi connectivity index (χ3v) is 1.96. The Balaban J connectivity index is 2.68. The number of hydrogen-bond donors (Lipinski definition) is 0. The highest BCUT2D eigenvalue weighted by atomic mass is 16.5. The Kier molecular flexibility index (Phi) is 2.32. The molecule has 0 fully saturated rings. The Morgan fingerprint density at radius 3 is 2.64 bits per heavy atom. The molecule has 0 radical (unpaired) electrons. The lowest BCUT2D eigenvalue weighted by Crippen LogP contribution is -2.31. The first-order valence-electron chi connectivity index (χ1n) is 4.00. The van der Waals surface area contributed by atoms with Gasteiger partial charge < -0.3 is 4.74 Å². The predicted octanol–water partition coefficient (Wildman–Crippen LogP) is 1.76. The monoisotopic (exact) mass is 154 g/mol. The molecule has 62 valence electrons. The molecule has 2 unspecified atom stereocenters. The van der Waals surface area contributed by atoms with E-state index in [0.717, 1.165) is 0 Å². The lowest BCUT2D eigenvalue weighted by atomic mass is 9.93. The summed E-state index contributed by atoms with van der Waals surface area (Å²) in [7, 11) is 0. The Morgan fingerprint density at radius 2 is 2.18 bits per heavy atom. The van der Waals surface area contributed by atoms with Gasteiger partial charge in [-0.05, 0) is 5.92 Å². The smallest absolute Gasteiger partial charge is 0.330 e. The maximum absolute atomic E-state index is 10.8. The maximum atomic E-state index is 10.8. The number of ether oxygens (including phenoxy) is 1. The van der Waals surface area contributed by atoms with Crippen molar-refractivity contribution in [1.29, 1.82) is 0 Å². The van der Waals surface area contributed by atoms with Crippen molar-refractivity contribution in [2.45, 2.75) is 26.9 Å². The van der Waals surface area contributed by atoms with Crippen LogP contribution in [0.1, 0.15) is 20.8 Å². The normalized spacial score (nSPS) is 30.7. The number of esters is 1. The number of cyclic esters (lactones) is 1. The summed E-state index contributed by atoms with van der Waals surface area (Å²) >= 11 is 0. The van der Waals surface area contributed by atoms with Gasteiger partial charge in [0.05, 0.1) is 0 Å². The number of carbonyl (C=O) groups is 1. The summed E-state index contributed by atoms with van der Waals surface area (Å²) in [6.07, 6.45) is 3.48. The molecule has 1 heterocycles. The molecule has 2 atom stereocenters. The fraction of sp³-hybridized carbons (Fsp3) is 0.667. The Morgan fingerprint density at radius 1 is 1.55 bits per heavy atom. The zero-order chi connectivity index (χ0) is 8.43. The van der Waals surface area contributed by atoms with Crippen LogP contribution in [-0.4, -0.2) is 12.1 Å². The van der Waals surface area contributed by atoms with Crippen molar-refractivity contribution in [1.82, 2.24) is 0 Å².